The Kier molecular flexibility index (Phi) is 4.77. The van der Waals surface area contributed by atoms with Crippen LogP contribution < -0.4 is 10.6 Å². The minimum absolute atomic E-state index is 0.0922. The first-order valence-electron chi connectivity index (χ1n) is 8.75. The van der Waals surface area contributed by atoms with Gasteiger partial charge in [-0.05, 0) is 18.6 Å². The monoisotopic (exact) mass is 355 g/mol. The second kappa shape index (κ2) is 7.35. The summed E-state index contributed by atoms with van der Waals surface area (Å²) in [5, 5.41) is 0. The van der Waals surface area contributed by atoms with Gasteiger partial charge in [-0.2, -0.15) is 0 Å². The van der Waals surface area contributed by atoms with Crippen molar-refractivity contribution >= 4 is 17.5 Å². The van der Waals surface area contributed by atoms with Gasteiger partial charge in [0.05, 0.1) is 25.5 Å². The van der Waals surface area contributed by atoms with E-state index < -0.39 is 0 Å². The first-order chi connectivity index (χ1) is 12.7. The highest BCUT2D eigenvalue weighted by Crippen LogP contribution is 2.26. The van der Waals surface area contributed by atoms with Crippen LogP contribution in [0, 0.1) is 5.92 Å². The van der Waals surface area contributed by atoms with E-state index in [0.717, 1.165) is 30.9 Å². The van der Waals surface area contributed by atoms with Crippen molar-refractivity contribution in [2.75, 3.05) is 50.2 Å². The summed E-state index contributed by atoms with van der Waals surface area (Å²) < 4.78 is 10.8. The van der Waals surface area contributed by atoms with Crippen LogP contribution in [0.5, 0.6) is 0 Å². The Balaban J connectivity index is 1.73. The number of pyridine rings is 1. The molecule has 1 unspecified atom stereocenters. The molecular weight excluding hydrogens is 334 g/mol. The number of nitrogens with two attached hydrogens (primary N) is 1. The van der Waals surface area contributed by atoms with Gasteiger partial charge in [0.25, 0.3) is 0 Å². The largest absolute Gasteiger partial charge is 0.381 e. The molecule has 0 aliphatic carbocycles. The van der Waals surface area contributed by atoms with Crippen LogP contribution in [0.2, 0.25) is 0 Å². The molecule has 0 spiro atoms. The van der Waals surface area contributed by atoms with E-state index in [-0.39, 0.29) is 17.6 Å². The molecule has 2 aromatic rings. The Morgan fingerprint density at radius 2 is 1.88 bits per heavy atom. The molecule has 0 saturated carbocycles. The van der Waals surface area contributed by atoms with E-state index in [2.05, 4.69) is 14.9 Å². The van der Waals surface area contributed by atoms with Gasteiger partial charge in [0, 0.05) is 49.1 Å². The topological polar surface area (TPSA) is 103 Å². The van der Waals surface area contributed by atoms with Gasteiger partial charge < -0.3 is 20.1 Å². The molecule has 2 aliphatic heterocycles. The molecule has 1 atom stereocenters. The van der Waals surface area contributed by atoms with Gasteiger partial charge >= 0.3 is 0 Å². The fraction of sp³-hybridized carbons (Fsp3) is 0.444. The van der Waals surface area contributed by atoms with Crippen molar-refractivity contribution in [3.63, 3.8) is 0 Å². The predicted octanol–water partition coefficient (Wildman–Crippen LogP) is 1.18. The second-order valence-corrected chi connectivity index (χ2v) is 6.45. The predicted molar refractivity (Wildman–Crippen MR) is 96.0 cm³/mol. The number of carbonyl (C=O) groups excluding carboxylic acids is 1. The van der Waals surface area contributed by atoms with E-state index in [1.165, 1.54) is 0 Å². The Morgan fingerprint density at radius 3 is 2.58 bits per heavy atom. The molecule has 136 valence electrons. The van der Waals surface area contributed by atoms with Crippen LogP contribution in [0.4, 0.5) is 11.8 Å². The minimum atomic E-state index is -0.0922. The summed E-state index contributed by atoms with van der Waals surface area (Å²) in [6.07, 6.45) is 4.01. The third kappa shape index (κ3) is 3.51. The van der Waals surface area contributed by atoms with E-state index in [1.54, 1.807) is 18.5 Å². The van der Waals surface area contributed by atoms with Crippen LogP contribution in [-0.2, 0) is 9.47 Å². The van der Waals surface area contributed by atoms with Crippen molar-refractivity contribution < 1.29 is 14.3 Å². The fourth-order valence-corrected chi connectivity index (χ4v) is 3.21. The van der Waals surface area contributed by atoms with Crippen molar-refractivity contribution in [2.24, 2.45) is 5.92 Å². The van der Waals surface area contributed by atoms with E-state index >= 15 is 0 Å². The lowest BCUT2D eigenvalue weighted by Crippen LogP contribution is -2.37. The number of Topliss-reactive ketones (excluding diaryl/α,β-unsaturated/α-hetero) is 1. The number of hydrogen-bond acceptors (Lipinski definition) is 8. The van der Waals surface area contributed by atoms with Gasteiger partial charge in [0.2, 0.25) is 5.95 Å². The molecule has 0 aromatic carbocycles. The molecule has 4 rings (SSSR count). The van der Waals surface area contributed by atoms with Gasteiger partial charge in [-0.25, -0.2) is 15.0 Å². The number of ketones is 1. The Morgan fingerprint density at radius 1 is 1.12 bits per heavy atom. The van der Waals surface area contributed by atoms with Gasteiger partial charge in [-0.15, -0.1) is 0 Å². The number of rotatable bonds is 4. The molecule has 0 amide bonds. The van der Waals surface area contributed by atoms with Crippen LogP contribution >= 0.6 is 0 Å². The molecule has 2 aliphatic rings. The number of anilines is 2. The van der Waals surface area contributed by atoms with Gasteiger partial charge in [-0.3, -0.25) is 4.79 Å². The molecule has 2 aromatic heterocycles. The molecular formula is C18H21N5O3. The molecule has 26 heavy (non-hydrogen) atoms. The van der Waals surface area contributed by atoms with Crippen LogP contribution in [0.15, 0.2) is 24.5 Å². The Labute approximate surface area is 151 Å². The fourth-order valence-electron chi connectivity index (χ4n) is 3.21. The van der Waals surface area contributed by atoms with Crippen molar-refractivity contribution in [3.8, 4) is 11.3 Å². The van der Waals surface area contributed by atoms with E-state index in [9.17, 15) is 4.79 Å². The summed E-state index contributed by atoms with van der Waals surface area (Å²) in [5.74, 6) is 0.977. The van der Waals surface area contributed by atoms with E-state index in [1.807, 2.05) is 6.07 Å². The normalized spacial score (nSPS) is 20.3. The summed E-state index contributed by atoms with van der Waals surface area (Å²) in [7, 11) is 0. The molecule has 4 heterocycles. The first-order valence-corrected chi connectivity index (χ1v) is 8.75. The third-order valence-electron chi connectivity index (χ3n) is 4.70. The minimum Gasteiger partial charge on any atom is -0.381 e. The molecule has 2 saturated heterocycles. The quantitative estimate of drug-likeness (QED) is 0.816. The zero-order chi connectivity index (χ0) is 17.9. The van der Waals surface area contributed by atoms with E-state index in [4.69, 9.17) is 20.2 Å². The maximum atomic E-state index is 12.9. The average Bonchev–Trinajstić information content (AvgIpc) is 3.23. The van der Waals surface area contributed by atoms with Crippen molar-refractivity contribution in [1.82, 2.24) is 15.0 Å². The second-order valence-electron chi connectivity index (χ2n) is 6.45. The summed E-state index contributed by atoms with van der Waals surface area (Å²) >= 11 is 0. The number of ether oxygens (including phenoxy) is 2. The van der Waals surface area contributed by atoms with Gasteiger partial charge in [-0.1, -0.05) is 0 Å². The van der Waals surface area contributed by atoms with Crippen molar-refractivity contribution in [2.45, 2.75) is 6.42 Å². The van der Waals surface area contributed by atoms with Crippen LogP contribution in [-0.4, -0.2) is 60.3 Å². The number of morpholine rings is 1. The van der Waals surface area contributed by atoms with Crippen LogP contribution in [0.1, 0.15) is 16.8 Å². The number of carbonyl (C=O) groups is 1. The van der Waals surface area contributed by atoms with Gasteiger partial charge in [0.15, 0.2) is 5.78 Å². The molecule has 8 heteroatoms. The first kappa shape index (κ1) is 16.9. The standard InChI is InChI=1S/C18H21N5O3/c19-18-20-9-14(10-21-18)15-7-13(17(24)12-1-4-26-11-12)8-16(22-15)23-2-5-25-6-3-23/h7-10,12H,1-6,11H2,(H2,19,20,21). The molecule has 0 bridgehead atoms. The number of nitrogens with zero attached hydrogens (tertiary/aromatic N) is 4. The van der Waals surface area contributed by atoms with Crippen molar-refractivity contribution in [3.05, 3.63) is 30.1 Å². The van der Waals surface area contributed by atoms with Crippen molar-refractivity contribution in [1.29, 1.82) is 0 Å². The van der Waals surface area contributed by atoms with Crippen LogP contribution in [0.25, 0.3) is 11.3 Å². The van der Waals surface area contributed by atoms with E-state index in [0.29, 0.717) is 37.7 Å². The Hall–Kier alpha value is -2.58. The third-order valence-corrected chi connectivity index (χ3v) is 4.70. The van der Waals surface area contributed by atoms with Gasteiger partial charge in [0.1, 0.15) is 5.82 Å². The Bertz CT molecular complexity index is 784. The molecule has 2 fully saturated rings. The average molecular weight is 355 g/mol. The summed E-state index contributed by atoms with van der Waals surface area (Å²) in [6, 6.07) is 3.67. The summed E-state index contributed by atoms with van der Waals surface area (Å²) in [4.78, 5) is 27.9. The molecule has 8 nitrogen and oxygen atoms in total. The zero-order valence-electron chi connectivity index (χ0n) is 14.4. The number of nitrogen functional groups attached to an aromatic ring is 1. The maximum Gasteiger partial charge on any atom is 0.219 e. The lowest BCUT2D eigenvalue weighted by Gasteiger charge is -2.28. The molecule has 2 N–H and O–H groups in total. The lowest BCUT2D eigenvalue weighted by atomic mass is 9.96. The summed E-state index contributed by atoms with van der Waals surface area (Å²) in [5.41, 5.74) is 7.61. The smallest absolute Gasteiger partial charge is 0.219 e. The van der Waals surface area contributed by atoms with Crippen LogP contribution in [0.3, 0.4) is 0 Å². The highest BCUT2D eigenvalue weighted by atomic mass is 16.5. The molecule has 0 radical (unpaired) electrons. The number of hydrogen-bond donors (Lipinski definition) is 1. The lowest BCUT2D eigenvalue weighted by molar-refractivity contribution is 0.0900. The highest BCUT2D eigenvalue weighted by Gasteiger charge is 2.26. The summed E-state index contributed by atoms with van der Waals surface area (Å²) in [6.45, 7) is 3.90. The maximum absolute atomic E-state index is 12.9. The highest BCUT2D eigenvalue weighted by molar-refractivity contribution is 5.99. The zero-order valence-corrected chi connectivity index (χ0v) is 14.4. The number of aromatic nitrogens is 3. The SMILES string of the molecule is Nc1ncc(-c2cc(C(=O)C3CCOC3)cc(N3CCOCC3)n2)cn1.